The Kier molecular flexibility index (Phi) is 4.32. The number of benzene rings is 1. The number of carbonyl (C=O) groups excluding carboxylic acids is 1. The fraction of sp³-hybridized carbons (Fsp3) is 0.286. The minimum absolute atomic E-state index is 0.341. The SMILES string of the molecule is CC(C)(C)OC(=O)Nc1c(Br)cnn1-c1ccc(F)cc1. The van der Waals surface area contributed by atoms with Gasteiger partial charge in [0.15, 0.2) is 5.82 Å². The van der Waals surface area contributed by atoms with Gasteiger partial charge < -0.3 is 4.74 Å². The van der Waals surface area contributed by atoms with Crippen LogP contribution in [0.1, 0.15) is 20.8 Å². The fourth-order valence-corrected chi connectivity index (χ4v) is 1.98. The second-order valence-corrected chi connectivity index (χ2v) is 6.21. The number of halogens is 2. The lowest BCUT2D eigenvalue weighted by Crippen LogP contribution is -2.28. The van der Waals surface area contributed by atoms with Gasteiger partial charge in [-0.25, -0.2) is 13.9 Å². The van der Waals surface area contributed by atoms with Crippen molar-refractivity contribution >= 4 is 27.8 Å². The lowest BCUT2D eigenvalue weighted by molar-refractivity contribution is 0.0635. The number of nitrogens with zero attached hydrogens (tertiary/aromatic N) is 2. The molecule has 1 N–H and O–H groups in total. The van der Waals surface area contributed by atoms with Crippen LogP contribution >= 0.6 is 15.9 Å². The first-order chi connectivity index (χ1) is 9.76. The van der Waals surface area contributed by atoms with Crippen LogP contribution < -0.4 is 5.32 Å². The molecule has 1 heterocycles. The Labute approximate surface area is 130 Å². The predicted molar refractivity (Wildman–Crippen MR) is 81.1 cm³/mol. The van der Waals surface area contributed by atoms with Crippen molar-refractivity contribution in [1.29, 1.82) is 0 Å². The van der Waals surface area contributed by atoms with Gasteiger partial charge in [-0.05, 0) is 61.0 Å². The normalized spacial score (nSPS) is 11.3. The summed E-state index contributed by atoms with van der Waals surface area (Å²) in [6.45, 7) is 5.33. The maximum atomic E-state index is 13.0. The summed E-state index contributed by atoms with van der Waals surface area (Å²) >= 11 is 3.31. The highest BCUT2D eigenvalue weighted by Gasteiger charge is 2.19. The van der Waals surface area contributed by atoms with E-state index < -0.39 is 11.7 Å². The molecule has 0 fully saturated rings. The molecule has 0 aliphatic rings. The van der Waals surface area contributed by atoms with Crippen molar-refractivity contribution in [1.82, 2.24) is 9.78 Å². The van der Waals surface area contributed by atoms with E-state index in [1.165, 1.54) is 23.0 Å². The number of anilines is 1. The molecule has 0 saturated heterocycles. The van der Waals surface area contributed by atoms with E-state index in [0.29, 0.717) is 16.0 Å². The lowest BCUT2D eigenvalue weighted by Gasteiger charge is -2.20. The molecule has 0 saturated carbocycles. The zero-order valence-electron chi connectivity index (χ0n) is 11.9. The molecule has 0 bridgehead atoms. The molecule has 112 valence electrons. The third-order valence-electron chi connectivity index (χ3n) is 2.42. The largest absolute Gasteiger partial charge is 0.444 e. The van der Waals surface area contributed by atoms with E-state index in [1.807, 2.05) is 0 Å². The van der Waals surface area contributed by atoms with E-state index in [4.69, 9.17) is 4.74 Å². The first-order valence-electron chi connectivity index (χ1n) is 6.26. The van der Waals surface area contributed by atoms with Crippen LogP contribution in [0.5, 0.6) is 0 Å². The smallest absolute Gasteiger partial charge is 0.413 e. The zero-order valence-corrected chi connectivity index (χ0v) is 13.4. The monoisotopic (exact) mass is 355 g/mol. The Hall–Kier alpha value is -1.89. The first kappa shape index (κ1) is 15.5. The van der Waals surface area contributed by atoms with Crippen molar-refractivity contribution < 1.29 is 13.9 Å². The van der Waals surface area contributed by atoms with E-state index in [2.05, 4.69) is 26.3 Å². The number of rotatable bonds is 2. The van der Waals surface area contributed by atoms with E-state index in [0.717, 1.165) is 0 Å². The third kappa shape index (κ3) is 4.04. The number of hydrogen-bond acceptors (Lipinski definition) is 3. The average molecular weight is 356 g/mol. The van der Waals surface area contributed by atoms with Crippen molar-refractivity contribution in [2.45, 2.75) is 26.4 Å². The highest BCUT2D eigenvalue weighted by atomic mass is 79.9. The van der Waals surface area contributed by atoms with Crippen molar-refractivity contribution in [2.75, 3.05) is 5.32 Å². The first-order valence-corrected chi connectivity index (χ1v) is 7.05. The van der Waals surface area contributed by atoms with Gasteiger partial charge >= 0.3 is 6.09 Å². The van der Waals surface area contributed by atoms with Crippen LogP contribution in [0.15, 0.2) is 34.9 Å². The number of hydrogen-bond donors (Lipinski definition) is 1. The van der Waals surface area contributed by atoms with Gasteiger partial charge in [0, 0.05) is 0 Å². The van der Waals surface area contributed by atoms with Gasteiger partial charge in [0.2, 0.25) is 0 Å². The second kappa shape index (κ2) is 5.85. The summed E-state index contributed by atoms with van der Waals surface area (Å²) in [6.07, 6.45) is 0.947. The van der Waals surface area contributed by atoms with Gasteiger partial charge in [-0.2, -0.15) is 5.10 Å². The molecule has 0 radical (unpaired) electrons. The molecule has 2 rings (SSSR count). The van der Waals surface area contributed by atoms with Gasteiger partial charge in [-0.15, -0.1) is 0 Å². The highest BCUT2D eigenvalue weighted by molar-refractivity contribution is 9.10. The molecule has 7 heteroatoms. The second-order valence-electron chi connectivity index (χ2n) is 5.36. The summed E-state index contributed by atoms with van der Waals surface area (Å²) in [5, 5.41) is 6.77. The Balaban J connectivity index is 2.26. The molecule has 0 spiro atoms. The molecule has 0 aliphatic carbocycles. The number of aromatic nitrogens is 2. The Morgan fingerprint density at radius 1 is 1.33 bits per heavy atom. The molecule has 1 aromatic heterocycles. The molecule has 5 nitrogen and oxygen atoms in total. The third-order valence-corrected chi connectivity index (χ3v) is 3.00. The number of ether oxygens (including phenoxy) is 1. The van der Waals surface area contributed by atoms with Gasteiger partial charge in [0.1, 0.15) is 11.4 Å². The van der Waals surface area contributed by atoms with E-state index in [-0.39, 0.29) is 5.82 Å². The van der Waals surface area contributed by atoms with Crippen molar-refractivity contribution in [3.8, 4) is 5.69 Å². The molecule has 0 aliphatic heterocycles. The zero-order chi connectivity index (χ0) is 15.6. The van der Waals surface area contributed by atoms with E-state index in [1.54, 1.807) is 32.9 Å². The Morgan fingerprint density at radius 3 is 2.52 bits per heavy atom. The topological polar surface area (TPSA) is 56.1 Å². The minimum atomic E-state index is -0.600. The van der Waals surface area contributed by atoms with Crippen LogP contribution in [0, 0.1) is 5.82 Å². The Morgan fingerprint density at radius 2 is 1.95 bits per heavy atom. The fourth-order valence-electron chi connectivity index (χ4n) is 1.62. The molecule has 1 amide bonds. The quantitative estimate of drug-likeness (QED) is 0.881. The number of carbonyl (C=O) groups is 1. The predicted octanol–water partition coefficient (Wildman–Crippen LogP) is 4.12. The molecule has 1 aromatic carbocycles. The average Bonchev–Trinajstić information content (AvgIpc) is 2.70. The Bertz CT molecular complexity index is 647. The molecule has 0 unspecified atom stereocenters. The molecule has 2 aromatic rings. The number of nitrogens with one attached hydrogen (secondary N) is 1. The van der Waals surface area contributed by atoms with Gasteiger partial charge in [0.05, 0.1) is 16.4 Å². The van der Waals surface area contributed by atoms with E-state index in [9.17, 15) is 9.18 Å². The lowest BCUT2D eigenvalue weighted by atomic mass is 10.2. The molecular formula is C14H15BrFN3O2. The maximum absolute atomic E-state index is 13.0. The summed E-state index contributed by atoms with van der Waals surface area (Å²) in [5.74, 6) is 0.0717. The molecule has 21 heavy (non-hydrogen) atoms. The van der Waals surface area contributed by atoms with Crippen LogP contribution in [-0.4, -0.2) is 21.5 Å². The summed E-state index contributed by atoms with van der Waals surface area (Å²) < 4.78 is 20.3. The van der Waals surface area contributed by atoms with Gasteiger partial charge in [-0.1, -0.05) is 0 Å². The van der Waals surface area contributed by atoms with Crippen LogP contribution in [-0.2, 0) is 4.74 Å². The van der Waals surface area contributed by atoms with Crippen molar-refractivity contribution in [2.24, 2.45) is 0 Å². The molecular weight excluding hydrogens is 341 g/mol. The van der Waals surface area contributed by atoms with Gasteiger partial charge in [0.25, 0.3) is 0 Å². The maximum Gasteiger partial charge on any atom is 0.413 e. The van der Waals surface area contributed by atoms with Crippen LogP contribution in [0.25, 0.3) is 5.69 Å². The summed E-state index contributed by atoms with van der Waals surface area (Å²) in [4.78, 5) is 11.9. The van der Waals surface area contributed by atoms with Crippen LogP contribution in [0.4, 0.5) is 15.0 Å². The van der Waals surface area contributed by atoms with Crippen molar-refractivity contribution in [3.05, 3.63) is 40.8 Å². The van der Waals surface area contributed by atoms with Gasteiger partial charge in [-0.3, -0.25) is 5.32 Å². The standard InChI is InChI=1S/C14H15BrFN3O2/c1-14(2,3)21-13(20)18-12-11(15)8-17-19(12)10-6-4-9(16)5-7-10/h4-8H,1-3H3,(H,18,20). The molecule has 0 atom stereocenters. The van der Waals surface area contributed by atoms with Crippen molar-refractivity contribution in [3.63, 3.8) is 0 Å². The van der Waals surface area contributed by atoms with Crippen LogP contribution in [0.2, 0.25) is 0 Å². The summed E-state index contributed by atoms with van der Waals surface area (Å²) in [5.41, 5.74) is 0.0188. The van der Waals surface area contributed by atoms with Crippen LogP contribution in [0.3, 0.4) is 0 Å². The highest BCUT2D eigenvalue weighted by Crippen LogP contribution is 2.25. The summed E-state index contributed by atoms with van der Waals surface area (Å²) in [6, 6.07) is 5.77. The number of amides is 1. The summed E-state index contributed by atoms with van der Waals surface area (Å²) in [7, 11) is 0. The minimum Gasteiger partial charge on any atom is -0.444 e. The van der Waals surface area contributed by atoms with E-state index >= 15 is 0 Å².